The minimum atomic E-state index is -0.0716. The molecule has 3 rings (SSSR count). The molecule has 0 unspecified atom stereocenters. The van der Waals surface area contributed by atoms with E-state index in [9.17, 15) is 4.79 Å². The number of aryl methyl sites for hydroxylation is 1. The minimum Gasteiger partial charge on any atom is -0.490 e. The molecule has 0 spiro atoms. The number of nitrogens with zero attached hydrogens (tertiary/aromatic N) is 2. The van der Waals surface area contributed by atoms with Crippen LogP contribution in [0.5, 0.6) is 5.75 Å². The van der Waals surface area contributed by atoms with Crippen LogP contribution in [0.4, 0.5) is 4.79 Å². The third-order valence-electron chi connectivity index (χ3n) is 4.98. The number of urea groups is 1. The summed E-state index contributed by atoms with van der Waals surface area (Å²) in [5.41, 5.74) is 3.45. The molecule has 1 aromatic carbocycles. The van der Waals surface area contributed by atoms with Gasteiger partial charge in [0.2, 0.25) is 0 Å². The number of nitrogens with one attached hydrogen (secondary N) is 1. The van der Waals surface area contributed by atoms with E-state index in [1.807, 2.05) is 7.05 Å². The molecule has 0 aliphatic carbocycles. The molecular formula is C18H27N3O3. The van der Waals surface area contributed by atoms with Gasteiger partial charge in [-0.25, -0.2) is 4.79 Å². The van der Waals surface area contributed by atoms with Crippen molar-refractivity contribution < 1.29 is 14.3 Å². The third kappa shape index (κ3) is 3.65. The van der Waals surface area contributed by atoms with E-state index in [2.05, 4.69) is 36.2 Å². The lowest BCUT2D eigenvalue weighted by molar-refractivity contribution is 0.0356. The Morgan fingerprint density at radius 1 is 1.33 bits per heavy atom. The number of hydrogen-bond acceptors (Lipinski definition) is 4. The van der Waals surface area contributed by atoms with Crippen LogP contribution in [-0.4, -0.2) is 68.9 Å². The third-order valence-corrected chi connectivity index (χ3v) is 4.98. The fourth-order valence-electron chi connectivity index (χ4n) is 3.13. The summed E-state index contributed by atoms with van der Waals surface area (Å²) in [5.74, 6) is 0.927. The van der Waals surface area contributed by atoms with Gasteiger partial charge in [-0.05, 0) is 25.0 Å². The van der Waals surface area contributed by atoms with E-state index in [-0.39, 0.29) is 12.1 Å². The van der Waals surface area contributed by atoms with Crippen molar-refractivity contribution in [2.45, 2.75) is 19.9 Å². The monoisotopic (exact) mass is 333 g/mol. The second kappa shape index (κ2) is 7.40. The molecule has 1 atom stereocenters. The summed E-state index contributed by atoms with van der Waals surface area (Å²) < 4.78 is 11.1. The van der Waals surface area contributed by atoms with Crippen molar-refractivity contribution in [2.24, 2.45) is 0 Å². The number of morpholine rings is 1. The van der Waals surface area contributed by atoms with Crippen LogP contribution in [0, 0.1) is 13.8 Å². The summed E-state index contributed by atoms with van der Waals surface area (Å²) >= 11 is 0. The molecule has 1 aromatic rings. The Bertz CT molecular complexity index is 599. The van der Waals surface area contributed by atoms with Gasteiger partial charge in [-0.3, -0.25) is 4.90 Å². The van der Waals surface area contributed by atoms with Gasteiger partial charge in [0.1, 0.15) is 12.4 Å². The normalized spacial score (nSPS) is 20.4. The van der Waals surface area contributed by atoms with Crippen molar-refractivity contribution in [1.29, 1.82) is 0 Å². The highest BCUT2D eigenvalue weighted by molar-refractivity contribution is 5.75. The number of fused-ring (bicyclic) bond motifs is 1. The van der Waals surface area contributed by atoms with Gasteiger partial charge in [-0.15, -0.1) is 0 Å². The van der Waals surface area contributed by atoms with E-state index in [1.54, 1.807) is 4.90 Å². The molecule has 6 heteroatoms. The lowest BCUT2D eigenvalue weighted by Gasteiger charge is -2.29. The zero-order valence-corrected chi connectivity index (χ0v) is 14.8. The predicted octanol–water partition coefficient (Wildman–Crippen LogP) is 1.71. The molecule has 1 N–H and O–H groups in total. The molecule has 24 heavy (non-hydrogen) atoms. The average Bonchev–Trinajstić information content (AvgIpc) is 3.00. The van der Waals surface area contributed by atoms with E-state index in [0.29, 0.717) is 13.2 Å². The molecule has 0 radical (unpaired) electrons. The standard InChI is InChI=1S/C18H27N3O3/c1-13-4-5-15-16(12-24-17(15)14(13)2)19-18(22)20(3)6-7-21-8-10-23-11-9-21/h4-5,16H,6-12H2,1-3H3,(H,19,22)/t16-/m0/s1. The SMILES string of the molecule is Cc1ccc2c(c1C)OC[C@@H]2NC(=O)N(C)CCN1CCOCC1. The van der Waals surface area contributed by atoms with Crippen molar-refractivity contribution in [2.75, 3.05) is 53.0 Å². The Morgan fingerprint density at radius 2 is 2.08 bits per heavy atom. The first-order valence-electron chi connectivity index (χ1n) is 8.61. The Balaban J connectivity index is 1.53. The zero-order valence-electron chi connectivity index (χ0n) is 14.8. The van der Waals surface area contributed by atoms with Crippen LogP contribution in [0.2, 0.25) is 0 Å². The van der Waals surface area contributed by atoms with Gasteiger partial charge in [0.05, 0.1) is 19.3 Å². The summed E-state index contributed by atoms with van der Waals surface area (Å²) in [5, 5.41) is 3.09. The average molecular weight is 333 g/mol. The molecular weight excluding hydrogens is 306 g/mol. The van der Waals surface area contributed by atoms with Crippen molar-refractivity contribution in [3.05, 3.63) is 28.8 Å². The number of hydrogen-bond donors (Lipinski definition) is 1. The number of amides is 2. The van der Waals surface area contributed by atoms with E-state index in [1.165, 1.54) is 5.56 Å². The summed E-state index contributed by atoms with van der Waals surface area (Å²) in [7, 11) is 1.84. The second-order valence-electron chi connectivity index (χ2n) is 6.61. The first kappa shape index (κ1) is 17.0. The number of ether oxygens (including phenoxy) is 2. The maximum Gasteiger partial charge on any atom is 0.317 e. The van der Waals surface area contributed by atoms with E-state index in [4.69, 9.17) is 9.47 Å². The Labute approximate surface area is 143 Å². The summed E-state index contributed by atoms with van der Waals surface area (Å²) in [4.78, 5) is 16.5. The van der Waals surface area contributed by atoms with Crippen LogP contribution in [0.25, 0.3) is 0 Å². The molecule has 1 saturated heterocycles. The maximum atomic E-state index is 12.4. The molecule has 0 aromatic heterocycles. The van der Waals surface area contributed by atoms with Crippen molar-refractivity contribution in [1.82, 2.24) is 15.1 Å². The Hall–Kier alpha value is -1.79. The van der Waals surface area contributed by atoms with E-state index in [0.717, 1.165) is 49.7 Å². The number of benzene rings is 1. The molecule has 0 saturated carbocycles. The fraction of sp³-hybridized carbons (Fsp3) is 0.611. The van der Waals surface area contributed by atoms with Gasteiger partial charge >= 0.3 is 6.03 Å². The van der Waals surface area contributed by atoms with Crippen molar-refractivity contribution >= 4 is 6.03 Å². The molecule has 2 heterocycles. The zero-order chi connectivity index (χ0) is 17.1. The molecule has 6 nitrogen and oxygen atoms in total. The number of rotatable bonds is 4. The molecule has 2 amide bonds. The number of carbonyl (C=O) groups excluding carboxylic acids is 1. The second-order valence-corrected chi connectivity index (χ2v) is 6.61. The molecule has 2 aliphatic heterocycles. The van der Waals surface area contributed by atoms with Crippen LogP contribution >= 0.6 is 0 Å². The smallest absolute Gasteiger partial charge is 0.317 e. The van der Waals surface area contributed by atoms with Crippen molar-refractivity contribution in [3.63, 3.8) is 0 Å². The summed E-state index contributed by atoms with van der Waals surface area (Å²) in [6.07, 6.45) is 0. The highest BCUT2D eigenvalue weighted by Crippen LogP contribution is 2.36. The first-order chi connectivity index (χ1) is 11.6. The van der Waals surface area contributed by atoms with Gasteiger partial charge in [0.25, 0.3) is 0 Å². The van der Waals surface area contributed by atoms with Crippen LogP contribution < -0.4 is 10.1 Å². The van der Waals surface area contributed by atoms with E-state index < -0.39 is 0 Å². The maximum absolute atomic E-state index is 12.4. The van der Waals surface area contributed by atoms with Crippen LogP contribution in [0.3, 0.4) is 0 Å². The van der Waals surface area contributed by atoms with Gasteiger partial charge in [-0.2, -0.15) is 0 Å². The van der Waals surface area contributed by atoms with Crippen LogP contribution in [0.15, 0.2) is 12.1 Å². The Kier molecular flexibility index (Phi) is 5.26. The fourth-order valence-corrected chi connectivity index (χ4v) is 3.13. The molecule has 2 aliphatic rings. The van der Waals surface area contributed by atoms with Crippen molar-refractivity contribution in [3.8, 4) is 5.75 Å². The molecule has 132 valence electrons. The lowest BCUT2D eigenvalue weighted by atomic mass is 10.0. The summed E-state index contributed by atoms with van der Waals surface area (Å²) in [6.45, 7) is 9.67. The number of carbonyl (C=O) groups is 1. The van der Waals surface area contributed by atoms with E-state index >= 15 is 0 Å². The van der Waals surface area contributed by atoms with Crippen LogP contribution in [-0.2, 0) is 4.74 Å². The number of likely N-dealkylation sites (N-methyl/N-ethyl adjacent to an activating group) is 1. The van der Waals surface area contributed by atoms with Crippen LogP contribution in [0.1, 0.15) is 22.7 Å². The topological polar surface area (TPSA) is 54.0 Å². The van der Waals surface area contributed by atoms with Gasteiger partial charge in [0, 0.05) is 38.8 Å². The van der Waals surface area contributed by atoms with Gasteiger partial charge in [0.15, 0.2) is 0 Å². The first-order valence-corrected chi connectivity index (χ1v) is 8.61. The Morgan fingerprint density at radius 3 is 2.83 bits per heavy atom. The quantitative estimate of drug-likeness (QED) is 0.911. The lowest BCUT2D eigenvalue weighted by Crippen LogP contribution is -2.45. The molecule has 0 bridgehead atoms. The highest BCUT2D eigenvalue weighted by Gasteiger charge is 2.28. The predicted molar refractivity (Wildman–Crippen MR) is 92.6 cm³/mol. The van der Waals surface area contributed by atoms with Gasteiger partial charge in [-0.1, -0.05) is 12.1 Å². The summed E-state index contributed by atoms with van der Waals surface area (Å²) in [6, 6.07) is 4.02. The largest absolute Gasteiger partial charge is 0.490 e. The minimum absolute atomic E-state index is 0.0528. The molecule has 1 fully saturated rings. The van der Waals surface area contributed by atoms with Gasteiger partial charge < -0.3 is 19.7 Å². The highest BCUT2D eigenvalue weighted by atomic mass is 16.5.